The fraction of sp³-hybridized carbons (Fsp3) is 0.586. The fourth-order valence-electron chi connectivity index (χ4n) is 6.24. The predicted octanol–water partition coefficient (Wildman–Crippen LogP) is 3.87. The molecular formula is C29H41N7O3. The van der Waals surface area contributed by atoms with Gasteiger partial charge in [-0.3, -0.25) is 9.59 Å². The third kappa shape index (κ3) is 5.39. The Bertz CT molecular complexity index is 1220. The molecule has 2 aliphatic heterocycles. The van der Waals surface area contributed by atoms with Crippen LogP contribution in [0.1, 0.15) is 67.9 Å². The van der Waals surface area contributed by atoms with E-state index in [1.807, 2.05) is 20.0 Å². The summed E-state index contributed by atoms with van der Waals surface area (Å²) in [5, 5.41) is 6.48. The van der Waals surface area contributed by atoms with Crippen LogP contribution in [0, 0.1) is 6.92 Å². The summed E-state index contributed by atoms with van der Waals surface area (Å²) in [6.45, 7) is 5.95. The normalized spacial score (nSPS) is 20.7. The number of ether oxygens (including phenoxy) is 1. The third-order valence-corrected chi connectivity index (χ3v) is 8.44. The van der Waals surface area contributed by atoms with Crippen LogP contribution >= 0.6 is 0 Å². The molecule has 1 saturated heterocycles. The van der Waals surface area contributed by atoms with Crippen LogP contribution in [-0.4, -0.2) is 79.1 Å². The van der Waals surface area contributed by atoms with Gasteiger partial charge in [-0.15, -0.1) is 0 Å². The number of fused-ring (bicyclic) bond motifs is 1. The van der Waals surface area contributed by atoms with Gasteiger partial charge in [-0.05, 0) is 77.4 Å². The maximum absolute atomic E-state index is 13.3. The lowest BCUT2D eigenvalue weighted by molar-refractivity contribution is -0.120. The van der Waals surface area contributed by atoms with Gasteiger partial charge in [0.2, 0.25) is 11.9 Å². The number of carbonyl (C=O) groups is 2. The van der Waals surface area contributed by atoms with Crippen LogP contribution in [0.15, 0.2) is 18.2 Å². The van der Waals surface area contributed by atoms with Gasteiger partial charge in [-0.2, -0.15) is 4.98 Å². The molecule has 0 spiro atoms. The van der Waals surface area contributed by atoms with Gasteiger partial charge in [0.15, 0.2) is 5.82 Å². The highest BCUT2D eigenvalue weighted by Crippen LogP contribution is 2.42. The second-order valence-electron chi connectivity index (χ2n) is 11.1. The lowest BCUT2D eigenvalue weighted by Crippen LogP contribution is -2.55. The molecule has 2 amide bonds. The molecule has 39 heavy (non-hydrogen) atoms. The van der Waals surface area contributed by atoms with Crippen molar-refractivity contribution >= 4 is 35.0 Å². The second-order valence-corrected chi connectivity index (χ2v) is 11.1. The van der Waals surface area contributed by atoms with Crippen molar-refractivity contribution in [1.29, 1.82) is 0 Å². The number of aromatic nitrogens is 2. The second kappa shape index (κ2) is 11.4. The summed E-state index contributed by atoms with van der Waals surface area (Å²) in [7, 11) is 5.51. The third-order valence-electron chi connectivity index (χ3n) is 8.44. The highest BCUT2D eigenvalue weighted by Gasteiger charge is 2.42. The van der Waals surface area contributed by atoms with Crippen molar-refractivity contribution in [1.82, 2.24) is 20.2 Å². The van der Waals surface area contributed by atoms with E-state index in [1.54, 1.807) is 24.1 Å². The zero-order valence-electron chi connectivity index (χ0n) is 23.8. The van der Waals surface area contributed by atoms with Gasteiger partial charge in [-0.1, -0.05) is 19.8 Å². The monoisotopic (exact) mass is 535 g/mol. The molecule has 1 saturated carbocycles. The topological polar surface area (TPSA) is 103 Å². The number of hydrogen-bond donors (Lipinski definition) is 2. The van der Waals surface area contributed by atoms with E-state index in [1.165, 1.54) is 12.8 Å². The Morgan fingerprint density at radius 2 is 1.82 bits per heavy atom. The number of amides is 2. The van der Waals surface area contributed by atoms with Gasteiger partial charge in [0.25, 0.3) is 5.91 Å². The highest BCUT2D eigenvalue weighted by atomic mass is 16.5. The SMILES string of the molecule is CCC1C(=O)N(C)c2c(C)nc(Nc3ccc(C(=O)NC4CCN(C)CC4)cc3OC)nc2N1C1CCCC1. The van der Waals surface area contributed by atoms with Crippen molar-refractivity contribution in [3.8, 4) is 5.75 Å². The summed E-state index contributed by atoms with van der Waals surface area (Å²) in [4.78, 5) is 42.2. The smallest absolute Gasteiger partial charge is 0.251 e. The van der Waals surface area contributed by atoms with Crippen LogP contribution < -0.4 is 25.2 Å². The van der Waals surface area contributed by atoms with E-state index in [4.69, 9.17) is 14.7 Å². The minimum Gasteiger partial charge on any atom is -0.495 e. The molecule has 0 bridgehead atoms. The first-order valence-corrected chi connectivity index (χ1v) is 14.2. The Hall–Kier alpha value is -3.40. The van der Waals surface area contributed by atoms with Crippen molar-refractivity contribution in [2.75, 3.05) is 49.4 Å². The van der Waals surface area contributed by atoms with Crippen LogP contribution in [0.4, 0.5) is 23.1 Å². The van der Waals surface area contributed by atoms with E-state index < -0.39 is 0 Å². The lowest BCUT2D eigenvalue weighted by Gasteiger charge is -2.44. The Balaban J connectivity index is 1.41. The molecule has 1 unspecified atom stereocenters. The summed E-state index contributed by atoms with van der Waals surface area (Å²) in [5.41, 5.74) is 2.74. The number of rotatable bonds is 7. The number of methoxy groups -OCH3 is 1. The number of aryl methyl sites for hydroxylation is 1. The van der Waals surface area contributed by atoms with E-state index in [9.17, 15) is 9.59 Å². The van der Waals surface area contributed by atoms with Crippen molar-refractivity contribution in [3.05, 3.63) is 29.5 Å². The molecule has 2 aromatic rings. The average Bonchev–Trinajstić information content (AvgIpc) is 3.46. The van der Waals surface area contributed by atoms with Crippen LogP contribution in [0.25, 0.3) is 0 Å². The molecule has 3 aliphatic rings. The van der Waals surface area contributed by atoms with E-state index in [0.717, 1.165) is 62.4 Å². The highest BCUT2D eigenvalue weighted by molar-refractivity contribution is 6.05. The molecule has 3 heterocycles. The molecule has 10 nitrogen and oxygen atoms in total. The molecule has 1 aromatic carbocycles. The first-order chi connectivity index (χ1) is 18.8. The Labute approximate surface area is 231 Å². The maximum atomic E-state index is 13.3. The zero-order chi connectivity index (χ0) is 27.7. The first kappa shape index (κ1) is 27.2. The average molecular weight is 536 g/mol. The number of benzene rings is 1. The number of likely N-dealkylation sites (tertiary alicyclic amines) is 1. The Morgan fingerprint density at radius 3 is 2.49 bits per heavy atom. The van der Waals surface area contributed by atoms with Gasteiger partial charge >= 0.3 is 0 Å². The lowest BCUT2D eigenvalue weighted by atomic mass is 10.0. The van der Waals surface area contributed by atoms with Crippen molar-refractivity contribution < 1.29 is 14.3 Å². The minimum atomic E-state index is -0.232. The van der Waals surface area contributed by atoms with E-state index in [0.29, 0.717) is 29.0 Å². The van der Waals surface area contributed by atoms with E-state index >= 15 is 0 Å². The number of nitrogens with zero attached hydrogens (tertiary/aromatic N) is 5. The number of piperidine rings is 1. The van der Waals surface area contributed by atoms with E-state index in [2.05, 4.69) is 34.4 Å². The van der Waals surface area contributed by atoms with Crippen molar-refractivity contribution in [3.63, 3.8) is 0 Å². The summed E-state index contributed by atoms with van der Waals surface area (Å²) < 4.78 is 5.66. The molecule has 1 aliphatic carbocycles. The van der Waals surface area contributed by atoms with Crippen LogP contribution in [0.5, 0.6) is 5.75 Å². The summed E-state index contributed by atoms with van der Waals surface area (Å²) in [6.07, 6.45) is 7.08. The molecule has 2 fully saturated rings. The standard InChI is InChI=1S/C29H41N7O3/c1-6-23-28(38)35(4)25-18(2)30-29(33-26(25)36(23)21-9-7-8-10-21)32-22-12-11-19(17-24(22)39-5)27(37)31-20-13-15-34(3)16-14-20/h11-12,17,20-21,23H,6-10,13-16H2,1-5H3,(H,31,37)(H,30,32,33). The molecule has 1 atom stereocenters. The largest absolute Gasteiger partial charge is 0.495 e. The van der Waals surface area contributed by atoms with Crippen molar-refractivity contribution in [2.24, 2.45) is 0 Å². The zero-order valence-corrected chi connectivity index (χ0v) is 23.8. The number of likely N-dealkylation sites (N-methyl/N-ethyl adjacent to an activating group) is 1. The molecular weight excluding hydrogens is 494 g/mol. The van der Waals surface area contributed by atoms with Gasteiger partial charge in [0, 0.05) is 24.7 Å². The molecule has 0 radical (unpaired) electrons. The molecule has 5 rings (SSSR count). The number of nitrogens with one attached hydrogen (secondary N) is 2. The summed E-state index contributed by atoms with van der Waals surface area (Å²) >= 11 is 0. The first-order valence-electron chi connectivity index (χ1n) is 14.2. The van der Waals surface area contributed by atoms with Gasteiger partial charge < -0.3 is 30.1 Å². The van der Waals surface area contributed by atoms with Crippen LogP contribution in [-0.2, 0) is 4.79 Å². The summed E-state index contributed by atoms with van der Waals surface area (Å²) in [6, 6.07) is 5.63. The number of anilines is 4. The molecule has 2 N–H and O–H groups in total. The van der Waals surface area contributed by atoms with Crippen molar-refractivity contribution in [2.45, 2.75) is 76.9 Å². The quantitative estimate of drug-likeness (QED) is 0.551. The Kier molecular flexibility index (Phi) is 7.93. The van der Waals surface area contributed by atoms with Gasteiger partial charge in [0.1, 0.15) is 17.5 Å². The molecule has 210 valence electrons. The minimum absolute atomic E-state index is 0.0965. The van der Waals surface area contributed by atoms with Crippen LogP contribution in [0.3, 0.4) is 0 Å². The Morgan fingerprint density at radius 1 is 1.10 bits per heavy atom. The fourth-order valence-corrected chi connectivity index (χ4v) is 6.24. The predicted molar refractivity (Wildman–Crippen MR) is 153 cm³/mol. The number of carbonyl (C=O) groups excluding carboxylic acids is 2. The molecule has 1 aromatic heterocycles. The maximum Gasteiger partial charge on any atom is 0.251 e. The van der Waals surface area contributed by atoms with E-state index in [-0.39, 0.29) is 23.9 Å². The summed E-state index contributed by atoms with van der Waals surface area (Å²) in [5.74, 6) is 1.78. The van der Waals surface area contributed by atoms with Gasteiger partial charge in [0.05, 0.1) is 18.5 Å². The molecule has 10 heteroatoms. The van der Waals surface area contributed by atoms with Gasteiger partial charge in [-0.25, -0.2) is 4.98 Å². The van der Waals surface area contributed by atoms with Crippen LogP contribution in [0.2, 0.25) is 0 Å². The number of hydrogen-bond acceptors (Lipinski definition) is 8.